The molecule has 0 aliphatic rings. The number of esters is 2. The number of nitrogens with zero attached hydrogens (tertiary/aromatic N) is 1. The van der Waals surface area contributed by atoms with E-state index in [4.69, 9.17) is 9.47 Å². The summed E-state index contributed by atoms with van der Waals surface area (Å²) in [6, 6.07) is 7.09. The minimum Gasteiger partial charge on any atom is -0.462 e. The number of H-pyrrole nitrogens is 1. The highest BCUT2D eigenvalue weighted by atomic mass is 32.1. The van der Waals surface area contributed by atoms with E-state index in [0.717, 1.165) is 16.9 Å². The second-order valence-corrected chi connectivity index (χ2v) is 7.27. The Hall–Kier alpha value is -3.00. The zero-order valence-corrected chi connectivity index (χ0v) is 16.8. The molecule has 7 nitrogen and oxygen atoms in total. The molecule has 0 aliphatic carbocycles. The summed E-state index contributed by atoms with van der Waals surface area (Å²) in [6.07, 6.45) is -0.766. The molecule has 2 heterocycles. The van der Waals surface area contributed by atoms with Crippen molar-refractivity contribution >= 4 is 33.5 Å². The highest BCUT2D eigenvalue weighted by molar-refractivity contribution is 7.20. The normalized spacial score (nSPS) is 12.0. The lowest BCUT2D eigenvalue weighted by molar-refractivity contribution is 0.0319. The predicted molar refractivity (Wildman–Crippen MR) is 106 cm³/mol. The number of hydrogen-bond acceptors (Lipinski definition) is 7. The lowest BCUT2D eigenvalue weighted by atomic mass is 10.1. The summed E-state index contributed by atoms with van der Waals surface area (Å²) in [4.78, 5) is 44.9. The van der Waals surface area contributed by atoms with Gasteiger partial charge in [-0.05, 0) is 44.9 Å². The van der Waals surface area contributed by atoms with E-state index in [1.165, 1.54) is 0 Å². The van der Waals surface area contributed by atoms with Crippen LogP contribution in [0.5, 0.6) is 0 Å². The van der Waals surface area contributed by atoms with Crippen molar-refractivity contribution in [2.75, 3.05) is 6.61 Å². The van der Waals surface area contributed by atoms with E-state index < -0.39 is 18.0 Å². The zero-order valence-electron chi connectivity index (χ0n) is 16.0. The molecule has 0 fully saturated rings. The molecule has 0 saturated carbocycles. The van der Waals surface area contributed by atoms with Gasteiger partial charge in [0.15, 0.2) is 11.9 Å². The largest absolute Gasteiger partial charge is 0.462 e. The van der Waals surface area contributed by atoms with Gasteiger partial charge < -0.3 is 14.5 Å². The van der Waals surface area contributed by atoms with Crippen molar-refractivity contribution in [1.82, 2.24) is 9.97 Å². The van der Waals surface area contributed by atoms with E-state index in [1.807, 2.05) is 19.1 Å². The van der Waals surface area contributed by atoms with Crippen LogP contribution < -0.4 is 5.56 Å². The molecular formula is C20H20N2O5S. The summed E-state index contributed by atoms with van der Waals surface area (Å²) in [5.41, 5.74) is 1.39. The fraction of sp³-hybridized carbons (Fsp3) is 0.300. The van der Waals surface area contributed by atoms with Crippen molar-refractivity contribution in [1.29, 1.82) is 0 Å². The number of aromatic nitrogens is 2. The Morgan fingerprint density at radius 1 is 1.21 bits per heavy atom. The third kappa shape index (κ3) is 3.68. The van der Waals surface area contributed by atoms with E-state index in [1.54, 1.807) is 32.9 Å². The van der Waals surface area contributed by atoms with Gasteiger partial charge in [0.05, 0.1) is 17.6 Å². The van der Waals surface area contributed by atoms with Crippen molar-refractivity contribution in [3.05, 3.63) is 62.0 Å². The maximum atomic E-state index is 12.5. The fourth-order valence-electron chi connectivity index (χ4n) is 2.83. The van der Waals surface area contributed by atoms with Crippen LogP contribution in [0.25, 0.3) is 10.2 Å². The van der Waals surface area contributed by atoms with Gasteiger partial charge in [-0.1, -0.05) is 18.2 Å². The first kappa shape index (κ1) is 19.8. The summed E-state index contributed by atoms with van der Waals surface area (Å²) in [5, 5.41) is 0.342. The van der Waals surface area contributed by atoms with Gasteiger partial charge in [0.1, 0.15) is 9.71 Å². The number of ether oxygens (including phenoxy) is 2. The van der Waals surface area contributed by atoms with E-state index in [2.05, 4.69) is 9.97 Å². The first-order chi connectivity index (χ1) is 13.3. The number of carbonyl (C=O) groups is 2. The summed E-state index contributed by atoms with van der Waals surface area (Å²) in [5.74, 6) is -0.762. The van der Waals surface area contributed by atoms with Crippen LogP contribution in [0.3, 0.4) is 0 Å². The molecular weight excluding hydrogens is 380 g/mol. The van der Waals surface area contributed by atoms with Gasteiger partial charge in [-0.3, -0.25) is 4.79 Å². The summed E-state index contributed by atoms with van der Waals surface area (Å²) in [6.45, 7) is 7.09. The molecule has 0 amide bonds. The van der Waals surface area contributed by atoms with Crippen molar-refractivity contribution in [3.63, 3.8) is 0 Å². The molecule has 3 aromatic rings. The number of aryl methyl sites for hydroxylation is 2. The van der Waals surface area contributed by atoms with Crippen LogP contribution in [0.15, 0.2) is 29.1 Å². The monoisotopic (exact) mass is 400 g/mol. The van der Waals surface area contributed by atoms with E-state index >= 15 is 0 Å². The molecule has 1 aromatic carbocycles. The molecule has 0 aliphatic heterocycles. The predicted octanol–water partition coefficient (Wildman–Crippen LogP) is 3.70. The maximum absolute atomic E-state index is 12.5. The Morgan fingerprint density at radius 3 is 2.61 bits per heavy atom. The third-order valence-electron chi connectivity index (χ3n) is 4.31. The Morgan fingerprint density at radius 2 is 1.93 bits per heavy atom. The molecule has 0 saturated heterocycles. The van der Waals surface area contributed by atoms with Crippen LogP contribution in [0.2, 0.25) is 0 Å². The number of rotatable bonds is 5. The number of nitrogens with one attached hydrogen (secondary N) is 1. The SMILES string of the molecule is CCOC(=O)c1sc2nc([C@@H](C)OC(=O)c3ccccc3C)[nH]c(=O)c2c1C. The van der Waals surface area contributed by atoms with Gasteiger partial charge in [-0.25, -0.2) is 14.6 Å². The van der Waals surface area contributed by atoms with Gasteiger partial charge in [-0.2, -0.15) is 0 Å². The van der Waals surface area contributed by atoms with Crippen LogP contribution in [-0.2, 0) is 9.47 Å². The molecule has 1 atom stereocenters. The molecule has 146 valence electrons. The maximum Gasteiger partial charge on any atom is 0.348 e. The lowest BCUT2D eigenvalue weighted by Crippen LogP contribution is -2.17. The number of aromatic amines is 1. The van der Waals surface area contributed by atoms with E-state index in [-0.39, 0.29) is 18.0 Å². The van der Waals surface area contributed by atoms with Crippen LogP contribution in [0.4, 0.5) is 0 Å². The van der Waals surface area contributed by atoms with Crippen LogP contribution in [-0.4, -0.2) is 28.5 Å². The molecule has 0 bridgehead atoms. The average Bonchev–Trinajstić information content (AvgIpc) is 2.99. The average molecular weight is 400 g/mol. The fourth-order valence-corrected chi connectivity index (χ4v) is 3.91. The number of thiophene rings is 1. The molecule has 3 rings (SSSR count). The first-order valence-corrected chi connectivity index (χ1v) is 9.62. The topological polar surface area (TPSA) is 98.3 Å². The number of benzene rings is 1. The summed E-state index contributed by atoms with van der Waals surface area (Å²) < 4.78 is 10.5. The summed E-state index contributed by atoms with van der Waals surface area (Å²) >= 11 is 1.09. The van der Waals surface area contributed by atoms with Crippen molar-refractivity contribution in [3.8, 4) is 0 Å². The Balaban J connectivity index is 1.93. The second-order valence-electron chi connectivity index (χ2n) is 6.27. The highest BCUT2D eigenvalue weighted by Gasteiger charge is 2.23. The zero-order chi connectivity index (χ0) is 20.4. The van der Waals surface area contributed by atoms with Gasteiger partial charge in [0.2, 0.25) is 0 Å². The van der Waals surface area contributed by atoms with Crippen molar-refractivity contribution in [2.24, 2.45) is 0 Å². The molecule has 1 N–H and O–H groups in total. The number of hydrogen-bond donors (Lipinski definition) is 1. The third-order valence-corrected chi connectivity index (χ3v) is 5.48. The Bertz CT molecular complexity index is 1120. The molecule has 0 radical (unpaired) electrons. The van der Waals surface area contributed by atoms with Crippen molar-refractivity contribution in [2.45, 2.75) is 33.8 Å². The quantitative estimate of drug-likeness (QED) is 0.656. The first-order valence-electron chi connectivity index (χ1n) is 8.80. The standard InChI is InChI=1S/C20H20N2O5S/c1-5-26-20(25)15-11(3)14-17(23)21-16(22-18(14)28-15)12(4)27-19(24)13-9-7-6-8-10(13)2/h6-9,12H,5H2,1-4H3,(H,21,22,23)/t12-/m1/s1. The molecule has 2 aromatic heterocycles. The van der Waals surface area contributed by atoms with Gasteiger partial charge in [-0.15, -0.1) is 11.3 Å². The second kappa shape index (κ2) is 7.93. The minimum absolute atomic E-state index is 0.219. The van der Waals surface area contributed by atoms with E-state index in [9.17, 15) is 14.4 Å². The lowest BCUT2D eigenvalue weighted by Gasteiger charge is -2.13. The molecule has 0 spiro atoms. The van der Waals surface area contributed by atoms with Gasteiger partial charge in [0, 0.05) is 0 Å². The van der Waals surface area contributed by atoms with Crippen LogP contribution >= 0.6 is 11.3 Å². The minimum atomic E-state index is -0.766. The molecule has 0 unspecified atom stereocenters. The number of fused-ring (bicyclic) bond motifs is 1. The van der Waals surface area contributed by atoms with Crippen LogP contribution in [0, 0.1) is 13.8 Å². The van der Waals surface area contributed by atoms with Gasteiger partial charge >= 0.3 is 11.9 Å². The van der Waals surface area contributed by atoms with E-state index in [0.29, 0.717) is 26.2 Å². The molecule has 28 heavy (non-hydrogen) atoms. The Kier molecular flexibility index (Phi) is 5.60. The van der Waals surface area contributed by atoms with Gasteiger partial charge in [0.25, 0.3) is 5.56 Å². The van der Waals surface area contributed by atoms with Crippen molar-refractivity contribution < 1.29 is 19.1 Å². The highest BCUT2D eigenvalue weighted by Crippen LogP contribution is 2.28. The number of carbonyl (C=O) groups excluding carboxylic acids is 2. The van der Waals surface area contributed by atoms with Crippen LogP contribution in [0.1, 0.15) is 56.9 Å². The Labute approximate surface area is 165 Å². The smallest absolute Gasteiger partial charge is 0.348 e. The molecule has 8 heteroatoms. The summed E-state index contributed by atoms with van der Waals surface area (Å²) in [7, 11) is 0.